The summed E-state index contributed by atoms with van der Waals surface area (Å²) in [6.45, 7) is 2.52. The van der Waals surface area contributed by atoms with Crippen LogP contribution >= 0.6 is 11.6 Å². The van der Waals surface area contributed by atoms with Gasteiger partial charge in [0, 0.05) is 28.7 Å². The summed E-state index contributed by atoms with van der Waals surface area (Å²) in [7, 11) is 1.65. The number of halogens is 2. The Kier molecular flexibility index (Phi) is 5.86. The van der Waals surface area contributed by atoms with Gasteiger partial charge in [-0.05, 0) is 60.5 Å². The number of fused-ring (bicyclic) bond motifs is 1. The molecular formula is C26H21ClFN5O. The Bertz CT molecular complexity index is 1480. The third kappa shape index (κ3) is 4.30. The van der Waals surface area contributed by atoms with Gasteiger partial charge < -0.3 is 10.1 Å². The molecule has 2 aromatic carbocycles. The van der Waals surface area contributed by atoms with E-state index in [-0.39, 0.29) is 5.82 Å². The second-order valence-corrected chi connectivity index (χ2v) is 8.31. The number of hydrogen-bond acceptors (Lipinski definition) is 5. The molecule has 0 unspecified atom stereocenters. The number of aryl methyl sites for hydroxylation is 1. The van der Waals surface area contributed by atoms with E-state index in [1.54, 1.807) is 31.8 Å². The Morgan fingerprint density at radius 2 is 1.82 bits per heavy atom. The van der Waals surface area contributed by atoms with Gasteiger partial charge in [-0.3, -0.25) is 14.6 Å². The SMILES string of the molecule is COc1ccc(Cn2ncc3nccc(Nc4cc(-c5cc(Cl)ccc5F)ncc4C)c32)cc1. The zero-order valence-electron chi connectivity index (χ0n) is 18.6. The Hall–Kier alpha value is -3.97. The molecule has 6 nitrogen and oxygen atoms in total. The van der Waals surface area contributed by atoms with Gasteiger partial charge in [0.15, 0.2) is 0 Å². The Morgan fingerprint density at radius 1 is 1.00 bits per heavy atom. The van der Waals surface area contributed by atoms with Crippen molar-refractivity contribution in [2.24, 2.45) is 0 Å². The lowest BCUT2D eigenvalue weighted by molar-refractivity contribution is 0.414. The molecule has 8 heteroatoms. The van der Waals surface area contributed by atoms with Gasteiger partial charge in [0.2, 0.25) is 0 Å². The van der Waals surface area contributed by atoms with Gasteiger partial charge in [-0.25, -0.2) is 4.39 Å². The smallest absolute Gasteiger partial charge is 0.132 e. The zero-order valence-corrected chi connectivity index (χ0v) is 19.3. The number of anilines is 2. The van der Waals surface area contributed by atoms with Crippen LogP contribution in [-0.2, 0) is 6.54 Å². The first-order valence-corrected chi connectivity index (χ1v) is 11.0. The second kappa shape index (κ2) is 9.11. The highest BCUT2D eigenvalue weighted by molar-refractivity contribution is 6.30. The van der Waals surface area contributed by atoms with E-state index in [1.165, 1.54) is 12.1 Å². The predicted octanol–water partition coefficient (Wildman–Crippen LogP) is 6.39. The fourth-order valence-electron chi connectivity index (χ4n) is 3.79. The summed E-state index contributed by atoms with van der Waals surface area (Å²) in [6.07, 6.45) is 5.19. The number of ether oxygens (including phenoxy) is 1. The van der Waals surface area contributed by atoms with E-state index in [0.717, 1.165) is 39.3 Å². The Balaban J connectivity index is 1.52. The Labute approximate surface area is 201 Å². The summed E-state index contributed by atoms with van der Waals surface area (Å²) < 4.78 is 21.6. The molecule has 3 aromatic heterocycles. The molecule has 0 aliphatic carbocycles. The summed E-state index contributed by atoms with van der Waals surface area (Å²) in [5, 5.41) is 8.47. The molecule has 0 aliphatic rings. The van der Waals surface area contributed by atoms with Crippen LogP contribution in [-0.4, -0.2) is 26.9 Å². The van der Waals surface area contributed by atoms with Crippen LogP contribution in [0.15, 0.2) is 73.2 Å². The van der Waals surface area contributed by atoms with Crippen LogP contribution in [0.1, 0.15) is 11.1 Å². The number of hydrogen-bond donors (Lipinski definition) is 1. The molecule has 5 aromatic rings. The monoisotopic (exact) mass is 473 g/mol. The van der Waals surface area contributed by atoms with Gasteiger partial charge in [0.25, 0.3) is 0 Å². The lowest BCUT2D eigenvalue weighted by atomic mass is 10.1. The van der Waals surface area contributed by atoms with Gasteiger partial charge in [-0.1, -0.05) is 23.7 Å². The van der Waals surface area contributed by atoms with Crippen molar-refractivity contribution in [3.63, 3.8) is 0 Å². The van der Waals surface area contributed by atoms with Crippen molar-refractivity contribution < 1.29 is 9.13 Å². The van der Waals surface area contributed by atoms with E-state index in [9.17, 15) is 4.39 Å². The highest BCUT2D eigenvalue weighted by Gasteiger charge is 2.14. The molecule has 0 amide bonds. The largest absolute Gasteiger partial charge is 0.497 e. The molecule has 0 saturated heterocycles. The number of rotatable bonds is 6. The van der Waals surface area contributed by atoms with Crippen LogP contribution in [0.4, 0.5) is 15.8 Å². The van der Waals surface area contributed by atoms with E-state index in [0.29, 0.717) is 22.8 Å². The summed E-state index contributed by atoms with van der Waals surface area (Å²) >= 11 is 6.09. The molecule has 0 bridgehead atoms. The summed E-state index contributed by atoms with van der Waals surface area (Å²) in [6, 6.07) is 16.0. The first-order chi connectivity index (χ1) is 16.5. The minimum atomic E-state index is -0.379. The number of nitrogens with one attached hydrogen (secondary N) is 1. The molecule has 0 atom stereocenters. The average molecular weight is 474 g/mol. The van der Waals surface area contributed by atoms with Crippen LogP contribution in [0.25, 0.3) is 22.3 Å². The highest BCUT2D eigenvalue weighted by Crippen LogP contribution is 2.31. The van der Waals surface area contributed by atoms with E-state index in [2.05, 4.69) is 20.4 Å². The third-order valence-electron chi connectivity index (χ3n) is 5.60. The average Bonchev–Trinajstić information content (AvgIpc) is 3.26. The van der Waals surface area contributed by atoms with Gasteiger partial charge in [0.1, 0.15) is 22.6 Å². The van der Waals surface area contributed by atoms with Crippen LogP contribution in [0, 0.1) is 12.7 Å². The number of aromatic nitrogens is 4. The molecule has 0 fully saturated rings. The summed E-state index contributed by atoms with van der Waals surface area (Å²) in [4.78, 5) is 8.88. The van der Waals surface area contributed by atoms with Crippen molar-refractivity contribution in [2.75, 3.05) is 12.4 Å². The van der Waals surface area contributed by atoms with Gasteiger partial charge in [0.05, 0.1) is 31.2 Å². The van der Waals surface area contributed by atoms with Crippen molar-refractivity contribution in [2.45, 2.75) is 13.5 Å². The van der Waals surface area contributed by atoms with Gasteiger partial charge in [-0.2, -0.15) is 5.10 Å². The number of pyridine rings is 2. The van der Waals surface area contributed by atoms with Crippen molar-refractivity contribution in [3.05, 3.63) is 95.2 Å². The Morgan fingerprint density at radius 3 is 2.62 bits per heavy atom. The predicted molar refractivity (Wildman–Crippen MR) is 132 cm³/mol. The first-order valence-electron chi connectivity index (χ1n) is 10.6. The fourth-order valence-corrected chi connectivity index (χ4v) is 3.96. The molecule has 5 rings (SSSR count). The van der Waals surface area contributed by atoms with E-state index in [4.69, 9.17) is 16.3 Å². The first kappa shape index (κ1) is 21.9. The number of nitrogens with zero attached hydrogens (tertiary/aromatic N) is 4. The minimum absolute atomic E-state index is 0.347. The maximum Gasteiger partial charge on any atom is 0.132 e. The van der Waals surface area contributed by atoms with Gasteiger partial charge in [-0.15, -0.1) is 0 Å². The standard InChI is InChI=1S/C26H21ClFN5O/c1-16-13-30-24(20-11-18(27)5-8-21(20)28)12-23(16)32-22-9-10-29-25-14-31-33(26(22)25)15-17-3-6-19(34-2)7-4-17/h3-14H,15H2,1-2H3,(H,29,30,32). The molecule has 170 valence electrons. The maximum absolute atomic E-state index is 14.4. The maximum atomic E-state index is 14.4. The van der Waals surface area contributed by atoms with E-state index in [1.807, 2.05) is 48.0 Å². The molecule has 3 heterocycles. The van der Waals surface area contributed by atoms with Gasteiger partial charge >= 0.3 is 0 Å². The lowest BCUT2D eigenvalue weighted by Crippen LogP contribution is -2.04. The molecule has 34 heavy (non-hydrogen) atoms. The second-order valence-electron chi connectivity index (χ2n) is 7.88. The highest BCUT2D eigenvalue weighted by atomic mass is 35.5. The molecule has 0 radical (unpaired) electrons. The van der Waals surface area contributed by atoms with Crippen LogP contribution in [0.5, 0.6) is 5.75 Å². The molecule has 0 saturated carbocycles. The number of benzene rings is 2. The number of methoxy groups -OCH3 is 1. The topological polar surface area (TPSA) is 64.9 Å². The van der Waals surface area contributed by atoms with Crippen LogP contribution < -0.4 is 10.1 Å². The van der Waals surface area contributed by atoms with Crippen molar-refractivity contribution in [1.82, 2.24) is 19.7 Å². The molecule has 0 spiro atoms. The summed E-state index contributed by atoms with van der Waals surface area (Å²) in [5.74, 6) is 0.425. The van der Waals surface area contributed by atoms with Crippen molar-refractivity contribution in [1.29, 1.82) is 0 Å². The quantitative estimate of drug-likeness (QED) is 0.309. The van der Waals surface area contributed by atoms with Crippen LogP contribution in [0.3, 0.4) is 0 Å². The lowest BCUT2D eigenvalue weighted by Gasteiger charge is -2.14. The van der Waals surface area contributed by atoms with Crippen molar-refractivity contribution in [3.8, 4) is 17.0 Å². The normalized spacial score (nSPS) is 11.1. The molecular weight excluding hydrogens is 453 g/mol. The molecule has 0 aliphatic heterocycles. The van der Waals surface area contributed by atoms with E-state index < -0.39 is 0 Å². The zero-order chi connectivity index (χ0) is 23.7. The van der Waals surface area contributed by atoms with Crippen LogP contribution in [0.2, 0.25) is 5.02 Å². The molecule has 1 N–H and O–H groups in total. The third-order valence-corrected chi connectivity index (χ3v) is 5.83. The minimum Gasteiger partial charge on any atom is -0.497 e. The fraction of sp³-hybridized carbons (Fsp3) is 0.115. The van der Waals surface area contributed by atoms with E-state index >= 15 is 0 Å². The summed E-state index contributed by atoms with van der Waals surface area (Å²) in [5.41, 5.74) is 6.11. The van der Waals surface area contributed by atoms with Crippen molar-refractivity contribution >= 4 is 34.0 Å².